The Balaban J connectivity index is 1.89. The van der Waals surface area contributed by atoms with Crippen LogP contribution in [0.15, 0.2) is 88.9 Å². The second kappa shape index (κ2) is 10.8. The topological polar surface area (TPSA) is 80.2 Å². The summed E-state index contributed by atoms with van der Waals surface area (Å²) in [6.45, 7) is 0.00474. The van der Waals surface area contributed by atoms with E-state index >= 15 is 0 Å². The number of rotatable bonds is 8. The van der Waals surface area contributed by atoms with Gasteiger partial charge in [0, 0.05) is 10.6 Å². The van der Waals surface area contributed by atoms with Crippen LogP contribution >= 0.6 is 23.2 Å². The van der Waals surface area contributed by atoms with Crippen LogP contribution in [0.5, 0.6) is 11.5 Å². The minimum absolute atomic E-state index is 0.00474. The third kappa shape index (κ3) is 6.43. The summed E-state index contributed by atoms with van der Waals surface area (Å²) in [5.41, 5.74) is 5.19. The number of aliphatic imine (C=N–C) groups is 2. The van der Waals surface area contributed by atoms with Crippen LogP contribution in [-0.2, 0) is 5.60 Å². The molecule has 0 spiro atoms. The Morgan fingerprint density at radius 3 is 2.35 bits per heavy atom. The van der Waals surface area contributed by atoms with Crippen LogP contribution in [0.4, 0.5) is 0 Å². The molecule has 0 aliphatic rings. The first kappa shape index (κ1) is 22.6. The zero-order chi connectivity index (χ0) is 22.1. The molecule has 0 saturated heterocycles. The van der Waals surface area contributed by atoms with E-state index in [-0.39, 0.29) is 6.54 Å². The van der Waals surface area contributed by atoms with Gasteiger partial charge in [-0.05, 0) is 48.0 Å². The fourth-order valence-corrected chi connectivity index (χ4v) is 3.30. The molecule has 3 N–H and O–H groups in total. The van der Waals surface area contributed by atoms with Crippen molar-refractivity contribution < 1.29 is 9.84 Å². The van der Waals surface area contributed by atoms with Gasteiger partial charge in [-0.25, -0.2) is 4.99 Å². The fraction of sp³-hybridized carbons (Fsp3) is 0.0833. The molecule has 0 fully saturated rings. The molecule has 0 saturated carbocycles. The van der Waals surface area contributed by atoms with Crippen molar-refractivity contribution in [3.63, 3.8) is 0 Å². The lowest BCUT2D eigenvalue weighted by Gasteiger charge is -2.25. The molecule has 3 rings (SSSR count). The summed E-state index contributed by atoms with van der Waals surface area (Å²) in [6.07, 6.45) is 5.88. The summed E-state index contributed by atoms with van der Waals surface area (Å²) in [5.74, 6) is 1.15. The second-order valence-electron chi connectivity index (χ2n) is 6.62. The minimum Gasteiger partial charge on any atom is -0.457 e. The largest absolute Gasteiger partial charge is 0.457 e. The van der Waals surface area contributed by atoms with E-state index in [4.69, 9.17) is 33.7 Å². The molecule has 0 amide bonds. The van der Waals surface area contributed by atoms with Crippen molar-refractivity contribution in [2.75, 3.05) is 6.54 Å². The van der Waals surface area contributed by atoms with E-state index in [2.05, 4.69) is 9.98 Å². The first-order chi connectivity index (χ1) is 15.0. The molecule has 0 radical (unpaired) electrons. The van der Waals surface area contributed by atoms with E-state index in [0.717, 1.165) is 11.9 Å². The molecule has 0 aliphatic heterocycles. The summed E-state index contributed by atoms with van der Waals surface area (Å²) < 4.78 is 5.82. The first-order valence-electron chi connectivity index (χ1n) is 9.42. The maximum Gasteiger partial charge on any atom is 0.129 e. The fourth-order valence-electron chi connectivity index (χ4n) is 2.84. The second-order valence-corrected chi connectivity index (χ2v) is 7.46. The van der Waals surface area contributed by atoms with Gasteiger partial charge in [0.1, 0.15) is 23.4 Å². The van der Waals surface area contributed by atoms with E-state index in [1.807, 2.05) is 36.4 Å². The Hall–Kier alpha value is -3.12. The van der Waals surface area contributed by atoms with Crippen molar-refractivity contribution in [1.82, 2.24) is 0 Å². The maximum atomic E-state index is 11.4. The van der Waals surface area contributed by atoms with Crippen molar-refractivity contribution >= 4 is 42.0 Å². The van der Waals surface area contributed by atoms with E-state index in [1.54, 1.807) is 48.5 Å². The highest BCUT2D eigenvalue weighted by Gasteiger charge is 2.28. The number of benzene rings is 3. The highest BCUT2D eigenvalue weighted by atomic mass is 35.5. The van der Waals surface area contributed by atoms with Gasteiger partial charge in [-0.15, -0.1) is 0 Å². The van der Waals surface area contributed by atoms with Crippen LogP contribution < -0.4 is 10.5 Å². The number of nitrogens with zero attached hydrogens (tertiary/aromatic N) is 2. The summed E-state index contributed by atoms with van der Waals surface area (Å²) in [6, 6.07) is 21.7. The number of nitrogens with two attached hydrogens (primary N) is 1. The number of ether oxygens (including phenoxy) is 1. The molecular formula is C24H21Cl2N3O2. The quantitative estimate of drug-likeness (QED) is 0.338. The van der Waals surface area contributed by atoms with Crippen LogP contribution in [0.3, 0.4) is 0 Å². The minimum atomic E-state index is -1.47. The molecule has 1 unspecified atom stereocenters. The maximum absolute atomic E-state index is 11.4. The van der Waals surface area contributed by atoms with Crippen LogP contribution in [0.25, 0.3) is 6.08 Å². The highest BCUT2D eigenvalue weighted by molar-refractivity contribution is 6.31. The van der Waals surface area contributed by atoms with Crippen LogP contribution in [0.1, 0.15) is 11.1 Å². The molecule has 0 aliphatic carbocycles. The van der Waals surface area contributed by atoms with E-state index < -0.39 is 5.60 Å². The molecule has 5 nitrogen and oxygen atoms in total. The van der Waals surface area contributed by atoms with Crippen LogP contribution in [-0.4, -0.2) is 24.3 Å². The molecule has 0 bridgehead atoms. The number of hydrogen-bond acceptors (Lipinski definition) is 3. The summed E-state index contributed by atoms with van der Waals surface area (Å²) in [7, 11) is 0. The third-order valence-electron chi connectivity index (χ3n) is 4.37. The van der Waals surface area contributed by atoms with Gasteiger partial charge < -0.3 is 15.6 Å². The average molecular weight is 454 g/mol. The lowest BCUT2D eigenvalue weighted by Crippen LogP contribution is -2.27. The lowest BCUT2D eigenvalue weighted by atomic mass is 9.92. The zero-order valence-electron chi connectivity index (χ0n) is 16.5. The van der Waals surface area contributed by atoms with Crippen molar-refractivity contribution in [3.05, 3.63) is 100 Å². The Bertz CT molecular complexity index is 1080. The van der Waals surface area contributed by atoms with Crippen molar-refractivity contribution in [3.8, 4) is 11.5 Å². The highest BCUT2D eigenvalue weighted by Crippen LogP contribution is 2.35. The zero-order valence-corrected chi connectivity index (χ0v) is 18.0. The molecule has 3 aromatic rings. The monoisotopic (exact) mass is 453 g/mol. The number of halogens is 2. The standard InChI is InChI=1S/C24H21Cl2N3O2/c25-19-6-8-20(9-7-19)31-21-10-11-22(23(26)14-21)24(30,15-28-17-29-16-27)13-12-18-4-2-1-3-5-18/h1-14,16-17,30H,15H2,(H2,27,28,29)/b13-12+. The molecule has 1 atom stereocenters. The van der Waals surface area contributed by atoms with Gasteiger partial charge in [-0.2, -0.15) is 0 Å². The molecule has 7 heteroatoms. The summed E-state index contributed by atoms with van der Waals surface area (Å²) in [4.78, 5) is 7.89. The Kier molecular flexibility index (Phi) is 7.84. The average Bonchev–Trinajstić information content (AvgIpc) is 2.78. The van der Waals surface area contributed by atoms with Crippen molar-refractivity contribution in [2.24, 2.45) is 15.7 Å². The van der Waals surface area contributed by atoms with Crippen molar-refractivity contribution in [2.45, 2.75) is 5.60 Å². The normalized spacial score (nSPS) is 13.8. The predicted molar refractivity (Wildman–Crippen MR) is 128 cm³/mol. The molecule has 0 heterocycles. The Labute approximate surface area is 191 Å². The van der Waals surface area contributed by atoms with E-state index in [9.17, 15) is 5.11 Å². The van der Waals surface area contributed by atoms with Crippen molar-refractivity contribution in [1.29, 1.82) is 0 Å². The smallest absolute Gasteiger partial charge is 0.129 e. The molecule has 158 valence electrons. The van der Waals surface area contributed by atoms with Crippen LogP contribution in [0.2, 0.25) is 10.0 Å². The third-order valence-corrected chi connectivity index (χ3v) is 4.94. The van der Waals surface area contributed by atoms with Gasteiger partial charge >= 0.3 is 0 Å². The van der Waals surface area contributed by atoms with Crippen LogP contribution in [0, 0.1) is 0 Å². The molecule has 31 heavy (non-hydrogen) atoms. The molecular weight excluding hydrogens is 433 g/mol. The van der Waals surface area contributed by atoms with Gasteiger partial charge in [0.05, 0.1) is 17.9 Å². The lowest BCUT2D eigenvalue weighted by molar-refractivity contribution is 0.101. The van der Waals surface area contributed by atoms with E-state index in [0.29, 0.717) is 27.1 Å². The van der Waals surface area contributed by atoms with Gasteiger partial charge in [0.2, 0.25) is 0 Å². The van der Waals surface area contributed by atoms with Gasteiger partial charge in [-0.1, -0.05) is 65.7 Å². The molecule has 3 aromatic carbocycles. The van der Waals surface area contributed by atoms with E-state index in [1.165, 1.54) is 6.34 Å². The van der Waals surface area contributed by atoms with Gasteiger partial charge in [0.15, 0.2) is 0 Å². The number of aliphatic hydroxyl groups is 1. The first-order valence-corrected chi connectivity index (χ1v) is 10.2. The summed E-state index contributed by atoms with van der Waals surface area (Å²) in [5, 5.41) is 12.4. The Morgan fingerprint density at radius 2 is 1.68 bits per heavy atom. The SMILES string of the molecule is NC=NC=NCC(O)(/C=C/c1ccccc1)c1ccc(Oc2ccc(Cl)cc2)cc1Cl. The Morgan fingerprint density at radius 1 is 0.968 bits per heavy atom. The summed E-state index contributed by atoms with van der Waals surface area (Å²) >= 11 is 12.4. The molecule has 0 aromatic heterocycles. The van der Waals surface area contributed by atoms with Gasteiger partial charge in [0.25, 0.3) is 0 Å². The number of hydrogen-bond donors (Lipinski definition) is 2. The predicted octanol–water partition coefficient (Wildman–Crippen LogP) is 5.70. The van der Waals surface area contributed by atoms with Gasteiger partial charge in [-0.3, -0.25) is 4.99 Å².